The summed E-state index contributed by atoms with van der Waals surface area (Å²) in [5.41, 5.74) is 1.64. The second-order valence-corrected chi connectivity index (χ2v) is 7.90. The van der Waals surface area contributed by atoms with Crippen LogP contribution in [0, 0.1) is 13.8 Å². The third-order valence-electron chi connectivity index (χ3n) is 4.26. The van der Waals surface area contributed by atoms with E-state index in [-0.39, 0.29) is 17.0 Å². The van der Waals surface area contributed by atoms with Crippen LogP contribution in [-0.2, 0) is 27.7 Å². The average molecular weight is 338 g/mol. The van der Waals surface area contributed by atoms with E-state index in [1.165, 1.54) is 0 Å². The van der Waals surface area contributed by atoms with Gasteiger partial charge in [-0.15, -0.1) is 0 Å². The van der Waals surface area contributed by atoms with Crippen LogP contribution >= 0.6 is 0 Å². The monoisotopic (exact) mass is 338 g/mol. The van der Waals surface area contributed by atoms with Crippen LogP contribution in [0.15, 0.2) is 23.6 Å². The first-order chi connectivity index (χ1) is 11.0. The number of imidazole rings is 1. The van der Waals surface area contributed by atoms with E-state index in [4.69, 9.17) is 4.74 Å². The molecule has 2 aromatic rings. The Bertz CT molecular complexity index is 759. The van der Waals surface area contributed by atoms with E-state index in [2.05, 4.69) is 10.1 Å². The van der Waals surface area contributed by atoms with Crippen LogP contribution < -0.4 is 0 Å². The minimum atomic E-state index is -3.47. The van der Waals surface area contributed by atoms with Gasteiger partial charge < -0.3 is 9.30 Å². The maximum Gasteiger partial charge on any atom is 0.228 e. The fourth-order valence-electron chi connectivity index (χ4n) is 2.81. The molecule has 126 valence electrons. The molecular weight excluding hydrogens is 316 g/mol. The largest absolute Gasteiger partial charge is 0.376 e. The molecule has 1 saturated heterocycles. The van der Waals surface area contributed by atoms with Crippen LogP contribution in [0.4, 0.5) is 0 Å². The van der Waals surface area contributed by atoms with Gasteiger partial charge in [0, 0.05) is 24.7 Å². The molecule has 0 spiro atoms. The highest BCUT2D eigenvalue weighted by Gasteiger charge is 2.27. The Labute approximate surface area is 136 Å². The van der Waals surface area contributed by atoms with Crippen molar-refractivity contribution in [3.63, 3.8) is 0 Å². The van der Waals surface area contributed by atoms with Crippen molar-refractivity contribution in [2.75, 3.05) is 12.4 Å². The first kappa shape index (κ1) is 16.2. The number of hydrogen-bond acceptors (Lipinski definition) is 5. The Hall–Kier alpha value is -1.67. The van der Waals surface area contributed by atoms with E-state index in [1.807, 2.05) is 13.8 Å². The molecule has 0 unspecified atom stereocenters. The van der Waals surface area contributed by atoms with E-state index in [0.29, 0.717) is 13.1 Å². The summed E-state index contributed by atoms with van der Waals surface area (Å²) in [4.78, 5) is 4.31. The third kappa shape index (κ3) is 3.48. The highest BCUT2D eigenvalue weighted by atomic mass is 32.2. The van der Waals surface area contributed by atoms with Crippen molar-refractivity contribution in [2.45, 2.75) is 51.0 Å². The van der Waals surface area contributed by atoms with E-state index >= 15 is 0 Å². The van der Waals surface area contributed by atoms with Gasteiger partial charge in [0.25, 0.3) is 0 Å². The van der Waals surface area contributed by atoms with Crippen molar-refractivity contribution in [1.82, 2.24) is 19.3 Å². The second kappa shape index (κ2) is 6.45. The number of aryl methyl sites for hydroxylation is 2. The number of rotatable bonds is 6. The van der Waals surface area contributed by atoms with E-state index in [1.54, 1.807) is 27.7 Å². The molecule has 1 aliphatic heterocycles. The number of sulfone groups is 1. The van der Waals surface area contributed by atoms with Gasteiger partial charge in [-0.25, -0.2) is 13.4 Å². The highest BCUT2D eigenvalue weighted by Crippen LogP contribution is 2.21. The molecule has 1 aliphatic rings. The standard InChI is InChI=1S/C15H22N4O3S/c1-12-13(2)19(11-14-5-3-9-22-14)15(17-12)23(20,21)10-8-18-7-4-6-16-18/h4,6-7,14H,3,5,8-11H2,1-2H3/t14-/m1/s1. The number of ether oxygens (including phenoxy) is 1. The van der Waals surface area contributed by atoms with Gasteiger partial charge in [0.2, 0.25) is 15.0 Å². The number of nitrogens with zero attached hydrogens (tertiary/aromatic N) is 4. The smallest absolute Gasteiger partial charge is 0.228 e. The molecule has 0 N–H and O–H groups in total. The fourth-order valence-corrected chi connectivity index (χ4v) is 4.24. The summed E-state index contributed by atoms with van der Waals surface area (Å²) in [7, 11) is -3.47. The number of hydrogen-bond donors (Lipinski definition) is 0. The van der Waals surface area contributed by atoms with E-state index < -0.39 is 9.84 Å². The molecule has 0 amide bonds. The minimum Gasteiger partial charge on any atom is -0.376 e. The molecule has 0 radical (unpaired) electrons. The molecule has 7 nitrogen and oxygen atoms in total. The molecule has 23 heavy (non-hydrogen) atoms. The van der Waals surface area contributed by atoms with Crippen molar-refractivity contribution in [2.24, 2.45) is 0 Å². The van der Waals surface area contributed by atoms with Crippen LogP contribution in [0.25, 0.3) is 0 Å². The molecule has 0 aromatic carbocycles. The lowest BCUT2D eigenvalue weighted by molar-refractivity contribution is 0.0943. The molecule has 3 heterocycles. The summed E-state index contributed by atoms with van der Waals surface area (Å²) in [6, 6.07) is 1.78. The van der Waals surface area contributed by atoms with Crippen molar-refractivity contribution in [3.05, 3.63) is 29.8 Å². The molecule has 2 aromatic heterocycles. The van der Waals surface area contributed by atoms with Crippen LogP contribution in [0.3, 0.4) is 0 Å². The van der Waals surface area contributed by atoms with Gasteiger partial charge in [0.15, 0.2) is 0 Å². The highest BCUT2D eigenvalue weighted by molar-refractivity contribution is 7.91. The van der Waals surface area contributed by atoms with E-state index in [0.717, 1.165) is 30.8 Å². The summed E-state index contributed by atoms with van der Waals surface area (Å²) in [6.45, 7) is 5.36. The van der Waals surface area contributed by atoms with Gasteiger partial charge in [0.05, 0.1) is 30.6 Å². The predicted molar refractivity (Wildman–Crippen MR) is 85.0 cm³/mol. The zero-order valence-electron chi connectivity index (χ0n) is 13.5. The Morgan fingerprint density at radius 1 is 1.39 bits per heavy atom. The minimum absolute atomic E-state index is 0.0178. The Morgan fingerprint density at radius 3 is 2.87 bits per heavy atom. The zero-order valence-corrected chi connectivity index (χ0v) is 14.3. The van der Waals surface area contributed by atoms with Crippen molar-refractivity contribution >= 4 is 9.84 Å². The lowest BCUT2D eigenvalue weighted by Gasteiger charge is -2.15. The van der Waals surface area contributed by atoms with E-state index in [9.17, 15) is 8.42 Å². The maximum atomic E-state index is 12.7. The molecule has 1 fully saturated rings. The first-order valence-corrected chi connectivity index (χ1v) is 9.48. The maximum absolute atomic E-state index is 12.7. The summed E-state index contributed by atoms with van der Waals surface area (Å²) < 4.78 is 34.5. The van der Waals surface area contributed by atoms with Gasteiger partial charge in [0.1, 0.15) is 0 Å². The average Bonchev–Trinajstić information content (AvgIpc) is 3.24. The van der Waals surface area contributed by atoms with Crippen LogP contribution in [-0.4, -0.2) is 46.2 Å². The lowest BCUT2D eigenvalue weighted by Crippen LogP contribution is -2.22. The van der Waals surface area contributed by atoms with Crippen LogP contribution in [0.5, 0.6) is 0 Å². The molecule has 0 saturated carbocycles. The molecular formula is C15H22N4O3S. The third-order valence-corrected chi connectivity index (χ3v) is 5.85. The quantitative estimate of drug-likeness (QED) is 0.794. The Balaban J connectivity index is 1.83. The Kier molecular flexibility index (Phi) is 4.54. The Morgan fingerprint density at radius 2 is 2.22 bits per heavy atom. The molecule has 0 bridgehead atoms. The lowest BCUT2D eigenvalue weighted by atomic mass is 10.2. The summed E-state index contributed by atoms with van der Waals surface area (Å²) in [6.07, 6.45) is 5.45. The second-order valence-electron chi connectivity index (χ2n) is 5.90. The van der Waals surface area contributed by atoms with Crippen molar-refractivity contribution in [3.8, 4) is 0 Å². The molecule has 0 aliphatic carbocycles. The van der Waals surface area contributed by atoms with Crippen molar-refractivity contribution in [1.29, 1.82) is 0 Å². The normalized spacial score (nSPS) is 18.6. The fraction of sp³-hybridized carbons (Fsp3) is 0.600. The van der Waals surface area contributed by atoms with Gasteiger partial charge >= 0.3 is 0 Å². The first-order valence-electron chi connectivity index (χ1n) is 7.83. The zero-order chi connectivity index (χ0) is 16.4. The molecule has 1 atom stereocenters. The van der Waals surface area contributed by atoms with Gasteiger partial charge in [-0.3, -0.25) is 4.68 Å². The number of aromatic nitrogens is 4. The summed E-state index contributed by atoms with van der Waals surface area (Å²) in [5.74, 6) is -0.0178. The van der Waals surface area contributed by atoms with Crippen LogP contribution in [0.2, 0.25) is 0 Å². The van der Waals surface area contributed by atoms with Gasteiger partial charge in [-0.1, -0.05) is 0 Å². The summed E-state index contributed by atoms with van der Waals surface area (Å²) in [5, 5.41) is 4.19. The predicted octanol–water partition coefficient (Wildman–Crippen LogP) is 1.35. The van der Waals surface area contributed by atoms with Gasteiger partial charge in [-0.05, 0) is 32.8 Å². The molecule has 3 rings (SSSR count). The molecule has 8 heteroatoms. The SMILES string of the molecule is Cc1nc(S(=O)(=O)CCn2cccn2)n(C[C@H]2CCCO2)c1C. The van der Waals surface area contributed by atoms with Crippen LogP contribution in [0.1, 0.15) is 24.2 Å². The van der Waals surface area contributed by atoms with Crippen molar-refractivity contribution < 1.29 is 13.2 Å². The topological polar surface area (TPSA) is 79.0 Å². The summed E-state index contributed by atoms with van der Waals surface area (Å²) >= 11 is 0. The van der Waals surface area contributed by atoms with Gasteiger partial charge in [-0.2, -0.15) is 5.10 Å².